The number of carbonyl (C=O) groups is 1. The summed E-state index contributed by atoms with van der Waals surface area (Å²) in [5.41, 5.74) is 4.80. The van der Waals surface area contributed by atoms with Crippen LogP contribution in [0.15, 0.2) is 90.1 Å². The molecule has 1 fully saturated rings. The number of nitrogens with zero attached hydrogens (tertiary/aromatic N) is 3. The predicted octanol–water partition coefficient (Wildman–Crippen LogP) is 5.15. The zero-order chi connectivity index (χ0) is 27.5. The SMILES string of the molecule is O=C(CCc1cc2cnccc2[nH]1)Cn1c(-c2cccc(C3(O)CC3)c2)cnc(CCCc2ccccc2)c1=O. The fraction of sp³-hybridized carbons (Fsp3) is 0.273. The molecule has 2 aromatic carbocycles. The lowest BCUT2D eigenvalue weighted by molar-refractivity contribution is -0.119. The molecule has 202 valence electrons. The van der Waals surface area contributed by atoms with Gasteiger partial charge in [-0.05, 0) is 67.9 Å². The standard InChI is InChI=1S/C33H32N4O3/c38-28(13-12-27-19-25-20-34-17-14-29(25)36-27)22-37-31(24-9-5-10-26(18-24)33(40)15-16-33)21-35-30(32(37)39)11-4-8-23-6-2-1-3-7-23/h1-3,5-7,9-10,14,17-21,36,40H,4,8,11-13,15-16,22H2. The Bertz CT molecular complexity index is 1680. The summed E-state index contributed by atoms with van der Waals surface area (Å²) < 4.78 is 1.57. The largest absolute Gasteiger partial charge is 0.385 e. The van der Waals surface area contributed by atoms with Gasteiger partial charge in [0.1, 0.15) is 5.69 Å². The van der Waals surface area contributed by atoms with Gasteiger partial charge in [-0.25, -0.2) is 0 Å². The first-order valence-electron chi connectivity index (χ1n) is 13.9. The van der Waals surface area contributed by atoms with Crippen LogP contribution in [0, 0.1) is 0 Å². The van der Waals surface area contributed by atoms with Crippen molar-refractivity contribution in [3.05, 3.63) is 118 Å². The molecule has 1 saturated carbocycles. The summed E-state index contributed by atoms with van der Waals surface area (Å²) in [5, 5.41) is 11.7. The number of aryl methyl sites for hydroxylation is 3. The van der Waals surface area contributed by atoms with Crippen molar-refractivity contribution in [1.29, 1.82) is 0 Å². The molecule has 7 heteroatoms. The van der Waals surface area contributed by atoms with Gasteiger partial charge >= 0.3 is 0 Å². The molecule has 7 nitrogen and oxygen atoms in total. The Morgan fingerprint density at radius 2 is 1.82 bits per heavy atom. The molecule has 0 unspecified atom stereocenters. The Kier molecular flexibility index (Phi) is 7.13. The van der Waals surface area contributed by atoms with Crippen LogP contribution in [0.25, 0.3) is 22.2 Å². The number of fused-ring (bicyclic) bond motifs is 1. The maximum absolute atomic E-state index is 13.7. The Morgan fingerprint density at radius 1 is 0.975 bits per heavy atom. The second-order valence-corrected chi connectivity index (χ2v) is 10.7. The van der Waals surface area contributed by atoms with Crippen LogP contribution in [0.3, 0.4) is 0 Å². The van der Waals surface area contributed by atoms with Crippen molar-refractivity contribution < 1.29 is 9.90 Å². The number of ketones is 1. The van der Waals surface area contributed by atoms with Gasteiger partial charge in [-0.2, -0.15) is 0 Å². The number of nitrogens with one attached hydrogen (secondary N) is 1. The van der Waals surface area contributed by atoms with Crippen molar-refractivity contribution in [3.8, 4) is 11.3 Å². The van der Waals surface area contributed by atoms with Crippen molar-refractivity contribution in [2.24, 2.45) is 0 Å². The summed E-state index contributed by atoms with van der Waals surface area (Å²) in [5.74, 6) is -0.0291. The van der Waals surface area contributed by atoms with Gasteiger partial charge in [-0.1, -0.05) is 48.5 Å². The highest BCUT2D eigenvalue weighted by Gasteiger charge is 2.42. The molecule has 6 rings (SSSR count). The fourth-order valence-electron chi connectivity index (χ4n) is 5.26. The summed E-state index contributed by atoms with van der Waals surface area (Å²) in [6.07, 6.45) is 9.71. The molecule has 0 aliphatic heterocycles. The second kappa shape index (κ2) is 11.0. The Hall–Kier alpha value is -4.36. The minimum absolute atomic E-state index is 0.0291. The summed E-state index contributed by atoms with van der Waals surface area (Å²) >= 11 is 0. The van der Waals surface area contributed by atoms with Crippen LogP contribution < -0.4 is 5.56 Å². The number of hydrogen-bond donors (Lipinski definition) is 2. The average Bonchev–Trinajstić information content (AvgIpc) is 3.59. The number of aromatic amines is 1. The Morgan fingerprint density at radius 3 is 2.62 bits per heavy atom. The molecule has 40 heavy (non-hydrogen) atoms. The van der Waals surface area contributed by atoms with Gasteiger partial charge < -0.3 is 10.1 Å². The number of aliphatic hydroxyl groups is 1. The van der Waals surface area contributed by atoms with Gasteiger partial charge in [0.05, 0.1) is 24.0 Å². The molecule has 0 atom stereocenters. The molecule has 3 heterocycles. The lowest BCUT2D eigenvalue weighted by atomic mass is 10.0. The molecule has 0 spiro atoms. The summed E-state index contributed by atoms with van der Waals surface area (Å²) in [4.78, 5) is 39.0. The molecule has 2 N–H and O–H groups in total. The van der Waals surface area contributed by atoms with Crippen LogP contribution in [0.5, 0.6) is 0 Å². The van der Waals surface area contributed by atoms with Crippen LogP contribution in [-0.2, 0) is 36.2 Å². The third kappa shape index (κ3) is 5.65. The minimum atomic E-state index is -0.795. The smallest absolute Gasteiger partial charge is 0.273 e. The number of aromatic nitrogens is 4. The van der Waals surface area contributed by atoms with Crippen LogP contribution in [-0.4, -0.2) is 30.4 Å². The van der Waals surface area contributed by atoms with Gasteiger partial charge in [0.2, 0.25) is 0 Å². The van der Waals surface area contributed by atoms with Crippen molar-refractivity contribution in [2.75, 3.05) is 0 Å². The first-order valence-corrected chi connectivity index (χ1v) is 13.9. The molecular weight excluding hydrogens is 500 g/mol. The molecule has 1 aliphatic rings. The van der Waals surface area contributed by atoms with E-state index in [4.69, 9.17) is 0 Å². The minimum Gasteiger partial charge on any atom is -0.385 e. The number of benzene rings is 2. The third-order valence-electron chi connectivity index (χ3n) is 7.75. The normalized spacial score (nSPS) is 13.9. The van der Waals surface area contributed by atoms with E-state index >= 15 is 0 Å². The van der Waals surface area contributed by atoms with Crippen molar-refractivity contribution in [2.45, 2.75) is 57.1 Å². The molecule has 0 bridgehead atoms. The van der Waals surface area contributed by atoms with Crippen LogP contribution >= 0.6 is 0 Å². The third-order valence-corrected chi connectivity index (χ3v) is 7.75. The van der Waals surface area contributed by atoms with E-state index in [0.717, 1.165) is 53.4 Å². The van der Waals surface area contributed by atoms with Gasteiger partial charge in [-0.3, -0.25) is 24.1 Å². The number of carbonyl (C=O) groups excluding carboxylic acids is 1. The number of H-pyrrole nitrogens is 1. The average molecular weight is 533 g/mol. The molecule has 0 amide bonds. The van der Waals surface area contributed by atoms with E-state index in [1.165, 1.54) is 5.56 Å². The number of Topliss-reactive ketones (excluding diaryl/α,β-unsaturated/α-hetero) is 1. The fourth-order valence-corrected chi connectivity index (χ4v) is 5.26. The van der Waals surface area contributed by atoms with E-state index < -0.39 is 5.60 Å². The lowest BCUT2D eigenvalue weighted by Gasteiger charge is -2.16. The van der Waals surface area contributed by atoms with E-state index in [0.29, 0.717) is 30.7 Å². The molecule has 0 saturated heterocycles. The van der Waals surface area contributed by atoms with Crippen LogP contribution in [0.4, 0.5) is 0 Å². The van der Waals surface area contributed by atoms with E-state index in [1.807, 2.05) is 54.6 Å². The first kappa shape index (κ1) is 25.9. The highest BCUT2D eigenvalue weighted by molar-refractivity contribution is 5.81. The van der Waals surface area contributed by atoms with Gasteiger partial charge in [-0.15, -0.1) is 0 Å². The van der Waals surface area contributed by atoms with Crippen molar-refractivity contribution >= 4 is 16.7 Å². The van der Waals surface area contributed by atoms with E-state index in [9.17, 15) is 14.7 Å². The molecule has 5 aromatic rings. The van der Waals surface area contributed by atoms with Crippen molar-refractivity contribution in [1.82, 2.24) is 19.5 Å². The van der Waals surface area contributed by atoms with E-state index in [-0.39, 0.29) is 17.9 Å². The predicted molar refractivity (Wildman–Crippen MR) is 155 cm³/mol. The van der Waals surface area contributed by atoms with Crippen LogP contribution in [0.1, 0.15) is 48.2 Å². The first-order chi connectivity index (χ1) is 19.5. The Balaban J connectivity index is 1.24. The van der Waals surface area contributed by atoms with E-state index in [1.54, 1.807) is 23.2 Å². The number of pyridine rings is 1. The zero-order valence-electron chi connectivity index (χ0n) is 22.3. The lowest BCUT2D eigenvalue weighted by Crippen LogP contribution is -2.30. The highest BCUT2D eigenvalue weighted by Crippen LogP contribution is 2.45. The molecule has 0 radical (unpaired) electrons. The van der Waals surface area contributed by atoms with Gasteiger partial charge in [0.15, 0.2) is 5.78 Å². The molecule has 3 aromatic heterocycles. The van der Waals surface area contributed by atoms with Crippen molar-refractivity contribution in [3.63, 3.8) is 0 Å². The second-order valence-electron chi connectivity index (χ2n) is 10.7. The number of hydrogen-bond acceptors (Lipinski definition) is 5. The van der Waals surface area contributed by atoms with E-state index in [2.05, 4.69) is 27.1 Å². The summed E-state index contributed by atoms with van der Waals surface area (Å²) in [6.45, 7) is -0.0291. The summed E-state index contributed by atoms with van der Waals surface area (Å²) in [7, 11) is 0. The monoisotopic (exact) mass is 532 g/mol. The molecule has 1 aliphatic carbocycles. The van der Waals surface area contributed by atoms with Gasteiger partial charge in [0, 0.05) is 41.0 Å². The Labute approximate surface area is 232 Å². The van der Waals surface area contributed by atoms with Gasteiger partial charge in [0.25, 0.3) is 5.56 Å². The summed E-state index contributed by atoms with van der Waals surface area (Å²) in [6, 6.07) is 21.7. The maximum atomic E-state index is 13.7. The quantitative estimate of drug-likeness (QED) is 0.245. The molecular formula is C33H32N4O3. The number of rotatable bonds is 11. The highest BCUT2D eigenvalue weighted by atomic mass is 16.3. The topological polar surface area (TPSA) is 101 Å². The zero-order valence-corrected chi connectivity index (χ0v) is 22.3. The maximum Gasteiger partial charge on any atom is 0.273 e. The van der Waals surface area contributed by atoms with Crippen LogP contribution in [0.2, 0.25) is 0 Å².